The molecule has 2 atom stereocenters. The summed E-state index contributed by atoms with van der Waals surface area (Å²) in [5.41, 5.74) is 0. The Hall–Kier alpha value is -0.220. The largest absolute Gasteiger partial charge is 0.480 e. The van der Waals surface area contributed by atoms with Gasteiger partial charge in [-0.3, -0.25) is 9.69 Å². The van der Waals surface area contributed by atoms with Crippen molar-refractivity contribution in [2.75, 3.05) is 18.6 Å². The molecule has 0 amide bonds. The SMILES string of the molecule is CC(C)C(C(=O)O)N(C)C1CCCSC1. The van der Waals surface area contributed by atoms with Crippen molar-refractivity contribution >= 4 is 17.7 Å². The number of carboxylic acid groups (broad SMARTS) is 1. The molecule has 0 aromatic heterocycles. The van der Waals surface area contributed by atoms with E-state index in [0.29, 0.717) is 6.04 Å². The number of rotatable bonds is 4. The van der Waals surface area contributed by atoms with E-state index >= 15 is 0 Å². The minimum atomic E-state index is -0.692. The highest BCUT2D eigenvalue weighted by molar-refractivity contribution is 7.99. The Labute approximate surface area is 96.2 Å². The highest BCUT2D eigenvalue weighted by Gasteiger charge is 2.31. The Bertz CT molecular complexity index is 215. The van der Waals surface area contributed by atoms with Crippen LogP contribution in [0.5, 0.6) is 0 Å². The van der Waals surface area contributed by atoms with E-state index in [1.165, 1.54) is 12.2 Å². The van der Waals surface area contributed by atoms with Crippen LogP contribution in [0.3, 0.4) is 0 Å². The normalized spacial score (nSPS) is 24.5. The Morgan fingerprint density at radius 2 is 2.20 bits per heavy atom. The monoisotopic (exact) mass is 231 g/mol. The van der Waals surface area contributed by atoms with Crippen LogP contribution in [0.1, 0.15) is 26.7 Å². The molecule has 2 unspecified atom stereocenters. The number of carbonyl (C=O) groups is 1. The molecule has 1 N–H and O–H groups in total. The first-order valence-corrected chi connectivity index (χ1v) is 6.72. The first-order valence-electron chi connectivity index (χ1n) is 5.56. The average Bonchev–Trinajstić information content (AvgIpc) is 2.18. The van der Waals surface area contributed by atoms with Gasteiger partial charge in [-0.2, -0.15) is 11.8 Å². The van der Waals surface area contributed by atoms with Crippen LogP contribution in [-0.2, 0) is 4.79 Å². The highest BCUT2D eigenvalue weighted by Crippen LogP contribution is 2.24. The van der Waals surface area contributed by atoms with Gasteiger partial charge in [-0.25, -0.2) is 0 Å². The zero-order valence-corrected chi connectivity index (χ0v) is 10.6. The maximum Gasteiger partial charge on any atom is 0.321 e. The van der Waals surface area contributed by atoms with Gasteiger partial charge in [0.1, 0.15) is 6.04 Å². The number of carboxylic acids is 1. The number of hydrogen-bond donors (Lipinski definition) is 1. The van der Waals surface area contributed by atoms with Gasteiger partial charge in [0.05, 0.1) is 0 Å². The van der Waals surface area contributed by atoms with Crippen LogP contribution in [0.25, 0.3) is 0 Å². The second kappa shape index (κ2) is 5.75. The van der Waals surface area contributed by atoms with Gasteiger partial charge in [-0.05, 0) is 31.6 Å². The third kappa shape index (κ3) is 3.38. The maximum absolute atomic E-state index is 11.2. The molecule has 1 aliphatic heterocycles. The van der Waals surface area contributed by atoms with Crippen molar-refractivity contribution in [3.8, 4) is 0 Å². The molecular formula is C11H21NO2S. The first-order chi connectivity index (χ1) is 7.04. The van der Waals surface area contributed by atoms with E-state index < -0.39 is 5.97 Å². The van der Waals surface area contributed by atoms with Crippen molar-refractivity contribution in [3.05, 3.63) is 0 Å². The lowest BCUT2D eigenvalue weighted by Crippen LogP contribution is -2.49. The van der Waals surface area contributed by atoms with E-state index in [1.54, 1.807) is 0 Å². The molecule has 1 aliphatic rings. The van der Waals surface area contributed by atoms with Gasteiger partial charge in [0.15, 0.2) is 0 Å². The summed E-state index contributed by atoms with van der Waals surface area (Å²) in [7, 11) is 1.95. The van der Waals surface area contributed by atoms with E-state index in [1.807, 2.05) is 32.7 Å². The van der Waals surface area contributed by atoms with Crippen molar-refractivity contribution in [2.45, 2.75) is 38.8 Å². The van der Waals surface area contributed by atoms with Gasteiger partial charge in [0.2, 0.25) is 0 Å². The third-order valence-corrected chi connectivity index (χ3v) is 4.23. The maximum atomic E-state index is 11.2. The van der Waals surface area contributed by atoms with Gasteiger partial charge in [-0.15, -0.1) is 0 Å². The Kier molecular flexibility index (Phi) is 4.93. The molecule has 0 radical (unpaired) electrons. The molecule has 0 bridgehead atoms. The summed E-state index contributed by atoms with van der Waals surface area (Å²) in [4.78, 5) is 13.2. The number of nitrogens with zero attached hydrogens (tertiary/aromatic N) is 1. The number of thioether (sulfide) groups is 1. The zero-order chi connectivity index (χ0) is 11.4. The standard InChI is InChI=1S/C11H21NO2S/c1-8(2)10(11(13)14)12(3)9-5-4-6-15-7-9/h8-10H,4-7H2,1-3H3,(H,13,14). The molecule has 88 valence electrons. The summed E-state index contributed by atoms with van der Waals surface area (Å²) in [5, 5.41) is 9.20. The fourth-order valence-corrected chi connectivity index (χ4v) is 3.41. The van der Waals surface area contributed by atoms with Crippen molar-refractivity contribution in [3.63, 3.8) is 0 Å². The quantitative estimate of drug-likeness (QED) is 0.802. The van der Waals surface area contributed by atoms with Crippen molar-refractivity contribution in [2.24, 2.45) is 5.92 Å². The first kappa shape index (κ1) is 12.8. The summed E-state index contributed by atoms with van der Waals surface area (Å²) in [5.74, 6) is 1.78. The van der Waals surface area contributed by atoms with Crippen molar-refractivity contribution < 1.29 is 9.90 Å². The van der Waals surface area contributed by atoms with Gasteiger partial charge in [0, 0.05) is 11.8 Å². The summed E-state index contributed by atoms with van der Waals surface area (Å²) < 4.78 is 0. The number of hydrogen-bond acceptors (Lipinski definition) is 3. The van der Waals surface area contributed by atoms with E-state index in [-0.39, 0.29) is 12.0 Å². The summed E-state index contributed by atoms with van der Waals surface area (Å²) in [6, 6.07) is 0.0981. The van der Waals surface area contributed by atoms with Gasteiger partial charge < -0.3 is 5.11 Å². The van der Waals surface area contributed by atoms with Crippen molar-refractivity contribution in [1.82, 2.24) is 4.90 Å². The van der Waals surface area contributed by atoms with Gasteiger partial charge in [-0.1, -0.05) is 13.8 Å². The smallest absolute Gasteiger partial charge is 0.321 e. The molecule has 4 heteroatoms. The van der Waals surface area contributed by atoms with Crippen LogP contribution in [0.4, 0.5) is 0 Å². The van der Waals surface area contributed by atoms with Gasteiger partial charge in [0.25, 0.3) is 0 Å². The van der Waals surface area contributed by atoms with Crippen LogP contribution < -0.4 is 0 Å². The molecule has 0 aromatic rings. The van der Waals surface area contributed by atoms with E-state index in [9.17, 15) is 9.90 Å². The summed E-state index contributed by atoms with van der Waals surface area (Å²) >= 11 is 1.94. The highest BCUT2D eigenvalue weighted by atomic mass is 32.2. The van der Waals surface area contributed by atoms with Crippen LogP contribution in [0.15, 0.2) is 0 Å². The molecule has 1 fully saturated rings. The Morgan fingerprint density at radius 3 is 2.60 bits per heavy atom. The lowest BCUT2D eigenvalue weighted by atomic mass is 10.0. The molecule has 15 heavy (non-hydrogen) atoms. The van der Waals surface area contributed by atoms with E-state index in [0.717, 1.165) is 12.2 Å². The third-order valence-electron chi connectivity index (χ3n) is 3.04. The second-order valence-electron chi connectivity index (χ2n) is 4.56. The van der Waals surface area contributed by atoms with Gasteiger partial charge >= 0.3 is 5.97 Å². The molecule has 0 aromatic carbocycles. The van der Waals surface area contributed by atoms with Crippen LogP contribution in [-0.4, -0.2) is 46.6 Å². The van der Waals surface area contributed by atoms with E-state index in [2.05, 4.69) is 4.90 Å². The fraction of sp³-hybridized carbons (Fsp3) is 0.909. The average molecular weight is 231 g/mol. The van der Waals surface area contributed by atoms with E-state index in [4.69, 9.17) is 0 Å². The summed E-state index contributed by atoms with van der Waals surface area (Å²) in [6.45, 7) is 3.95. The van der Waals surface area contributed by atoms with Crippen LogP contribution in [0, 0.1) is 5.92 Å². The predicted octanol–water partition coefficient (Wildman–Crippen LogP) is 1.92. The fourth-order valence-electron chi connectivity index (χ4n) is 2.20. The molecule has 0 spiro atoms. The second-order valence-corrected chi connectivity index (χ2v) is 5.71. The molecule has 0 aliphatic carbocycles. The molecule has 1 rings (SSSR count). The molecular weight excluding hydrogens is 210 g/mol. The van der Waals surface area contributed by atoms with Crippen LogP contribution >= 0.6 is 11.8 Å². The zero-order valence-electron chi connectivity index (χ0n) is 9.77. The Morgan fingerprint density at radius 1 is 1.53 bits per heavy atom. The lowest BCUT2D eigenvalue weighted by Gasteiger charge is -2.36. The molecule has 1 heterocycles. The minimum absolute atomic E-state index is 0.166. The Balaban J connectivity index is 2.61. The molecule has 1 saturated heterocycles. The molecule has 3 nitrogen and oxygen atoms in total. The van der Waals surface area contributed by atoms with Crippen LogP contribution in [0.2, 0.25) is 0 Å². The number of aliphatic carboxylic acids is 1. The number of likely N-dealkylation sites (N-methyl/N-ethyl adjacent to an activating group) is 1. The predicted molar refractivity (Wildman–Crippen MR) is 64.4 cm³/mol. The summed E-state index contributed by atoms with van der Waals surface area (Å²) in [6.07, 6.45) is 2.35. The topological polar surface area (TPSA) is 40.5 Å². The lowest BCUT2D eigenvalue weighted by molar-refractivity contribution is -0.145. The minimum Gasteiger partial charge on any atom is -0.480 e. The van der Waals surface area contributed by atoms with Crippen molar-refractivity contribution in [1.29, 1.82) is 0 Å². The molecule has 0 saturated carbocycles.